The molecule has 1 nitrogen and oxygen atoms in total. The number of rotatable bonds is 2. The van der Waals surface area contributed by atoms with Gasteiger partial charge in [-0.1, -0.05) is 12.0 Å². The summed E-state index contributed by atoms with van der Waals surface area (Å²) < 4.78 is 72.1. The molecular formula is C10H5F6N. The molecule has 92 valence electrons. The Morgan fingerprint density at radius 3 is 2.00 bits per heavy atom. The van der Waals surface area contributed by atoms with Gasteiger partial charge in [0.1, 0.15) is 11.6 Å². The number of halogens is 6. The third kappa shape index (κ3) is 6.31. The Hall–Kier alpha value is -1.89. The Morgan fingerprint density at radius 2 is 1.71 bits per heavy atom. The van der Waals surface area contributed by atoms with E-state index in [9.17, 15) is 26.3 Å². The number of hydrogen-bond donors (Lipinski definition) is 0. The summed E-state index contributed by atoms with van der Waals surface area (Å²) in [5.41, 5.74) is -2.29. The molecule has 0 N–H and O–H groups in total. The van der Waals surface area contributed by atoms with Gasteiger partial charge >= 0.3 is 12.4 Å². The van der Waals surface area contributed by atoms with Crippen LogP contribution < -0.4 is 0 Å². The van der Waals surface area contributed by atoms with Gasteiger partial charge in [0, 0.05) is 0 Å². The lowest BCUT2D eigenvalue weighted by molar-refractivity contribution is -0.126. The summed E-state index contributed by atoms with van der Waals surface area (Å²) in [5, 5.41) is 8.29. The lowest BCUT2D eigenvalue weighted by Gasteiger charge is -2.09. The molecule has 0 heterocycles. The lowest BCUT2D eigenvalue weighted by Crippen LogP contribution is -2.13. The van der Waals surface area contributed by atoms with Crippen LogP contribution in [0.3, 0.4) is 0 Å². The number of allylic oxidation sites excluding steroid dienone is 4. The Bertz CT molecular complexity index is 394. The van der Waals surface area contributed by atoms with Gasteiger partial charge in [0.05, 0.1) is 12.0 Å². The monoisotopic (exact) mass is 253 g/mol. The van der Waals surface area contributed by atoms with Gasteiger partial charge in [-0.2, -0.15) is 31.6 Å². The summed E-state index contributed by atoms with van der Waals surface area (Å²) in [5.74, 6) is 1.63. The first-order valence-electron chi connectivity index (χ1n) is 4.02. The van der Waals surface area contributed by atoms with Gasteiger partial charge in [-0.15, -0.1) is 6.42 Å². The van der Waals surface area contributed by atoms with Crippen molar-refractivity contribution in [2.24, 2.45) is 0 Å². The maximum absolute atomic E-state index is 12.3. The first-order valence-corrected chi connectivity index (χ1v) is 4.02. The van der Waals surface area contributed by atoms with E-state index in [0.29, 0.717) is 0 Å². The van der Waals surface area contributed by atoms with Gasteiger partial charge in [-0.05, 0) is 6.08 Å². The Kier molecular flexibility index (Phi) is 4.84. The van der Waals surface area contributed by atoms with Crippen LogP contribution in [0.5, 0.6) is 0 Å². The normalized spacial score (nSPS) is 14.1. The largest absolute Gasteiger partial charge is 0.416 e. The van der Waals surface area contributed by atoms with E-state index in [1.165, 1.54) is 6.07 Å². The molecule has 0 atom stereocenters. The summed E-state index contributed by atoms with van der Waals surface area (Å²) in [6.07, 6.45) is -6.66. The topological polar surface area (TPSA) is 23.8 Å². The second-order valence-corrected chi connectivity index (χ2v) is 2.79. The Labute approximate surface area is 93.0 Å². The zero-order valence-corrected chi connectivity index (χ0v) is 8.15. The SMILES string of the molecule is C#C/C(C#N)=C\C(=C/CC(F)(F)F)C(F)(F)F. The fraction of sp³-hybridized carbons (Fsp3) is 0.300. The maximum atomic E-state index is 12.3. The zero-order chi connectivity index (χ0) is 13.7. The number of terminal acetylenes is 1. The van der Waals surface area contributed by atoms with Gasteiger partial charge in [0.2, 0.25) is 0 Å². The van der Waals surface area contributed by atoms with Crippen molar-refractivity contribution in [3.8, 4) is 18.4 Å². The minimum Gasteiger partial charge on any atom is -0.192 e. The second kappa shape index (κ2) is 5.44. The van der Waals surface area contributed by atoms with Gasteiger partial charge in [-0.25, -0.2) is 0 Å². The molecule has 0 fully saturated rings. The average molecular weight is 253 g/mol. The zero-order valence-electron chi connectivity index (χ0n) is 8.15. The van der Waals surface area contributed by atoms with E-state index in [2.05, 4.69) is 0 Å². The molecule has 0 rings (SSSR count). The van der Waals surface area contributed by atoms with Crippen LogP contribution in [0.1, 0.15) is 6.42 Å². The van der Waals surface area contributed by atoms with E-state index < -0.39 is 29.9 Å². The molecule has 0 spiro atoms. The van der Waals surface area contributed by atoms with Gasteiger partial charge in [0.15, 0.2) is 0 Å². The summed E-state index contributed by atoms with van der Waals surface area (Å²) >= 11 is 0. The van der Waals surface area contributed by atoms with E-state index in [-0.39, 0.29) is 12.2 Å². The molecule has 0 aliphatic heterocycles. The highest BCUT2D eigenvalue weighted by atomic mass is 19.4. The highest BCUT2D eigenvalue weighted by molar-refractivity contribution is 5.44. The Morgan fingerprint density at radius 1 is 1.18 bits per heavy atom. The third-order valence-electron chi connectivity index (χ3n) is 1.46. The van der Waals surface area contributed by atoms with Crippen molar-refractivity contribution in [1.29, 1.82) is 5.26 Å². The van der Waals surface area contributed by atoms with Crippen LogP contribution in [-0.4, -0.2) is 12.4 Å². The van der Waals surface area contributed by atoms with Gasteiger partial charge < -0.3 is 0 Å². The van der Waals surface area contributed by atoms with Crippen molar-refractivity contribution in [1.82, 2.24) is 0 Å². The van der Waals surface area contributed by atoms with Gasteiger partial charge in [0.25, 0.3) is 0 Å². The van der Waals surface area contributed by atoms with Crippen LogP contribution in [0.25, 0.3) is 0 Å². The molecule has 0 aromatic carbocycles. The van der Waals surface area contributed by atoms with E-state index >= 15 is 0 Å². The molecule has 0 saturated carbocycles. The molecule has 0 bridgehead atoms. The molecule has 0 aliphatic carbocycles. The number of alkyl halides is 6. The standard InChI is InChI=1S/C10H5F6N/c1-2-7(6-17)5-8(10(14,15)16)3-4-9(11,12)13/h1,3,5H,4H2/b7-5+,8-3+. The maximum Gasteiger partial charge on any atom is 0.416 e. The third-order valence-corrected chi connectivity index (χ3v) is 1.46. The van der Waals surface area contributed by atoms with E-state index in [0.717, 1.165) is 0 Å². The highest BCUT2D eigenvalue weighted by Crippen LogP contribution is 2.30. The minimum absolute atomic E-state index is 0.0608. The number of nitriles is 1. The molecule has 0 saturated heterocycles. The smallest absolute Gasteiger partial charge is 0.192 e. The van der Waals surface area contributed by atoms with Crippen molar-refractivity contribution >= 4 is 0 Å². The molecule has 0 aliphatic rings. The fourth-order valence-corrected chi connectivity index (χ4v) is 0.744. The van der Waals surface area contributed by atoms with Crippen LogP contribution in [-0.2, 0) is 0 Å². The van der Waals surface area contributed by atoms with Crippen LogP contribution in [0, 0.1) is 23.7 Å². The molecule has 17 heavy (non-hydrogen) atoms. The van der Waals surface area contributed by atoms with Crippen LogP contribution in [0.15, 0.2) is 23.3 Å². The van der Waals surface area contributed by atoms with Gasteiger partial charge in [-0.3, -0.25) is 0 Å². The quantitative estimate of drug-likeness (QED) is 0.320. The molecule has 7 heteroatoms. The molecule has 0 aromatic heterocycles. The first-order chi connectivity index (χ1) is 7.60. The van der Waals surface area contributed by atoms with E-state index in [4.69, 9.17) is 11.7 Å². The molecule has 0 unspecified atom stereocenters. The molecule has 0 radical (unpaired) electrons. The van der Waals surface area contributed by atoms with Crippen molar-refractivity contribution in [3.63, 3.8) is 0 Å². The highest BCUT2D eigenvalue weighted by Gasteiger charge is 2.34. The lowest BCUT2D eigenvalue weighted by atomic mass is 10.1. The predicted molar refractivity (Wildman–Crippen MR) is 47.3 cm³/mol. The van der Waals surface area contributed by atoms with E-state index in [1.807, 2.05) is 0 Å². The number of nitrogens with zero attached hydrogens (tertiary/aromatic N) is 1. The second-order valence-electron chi connectivity index (χ2n) is 2.79. The average Bonchev–Trinajstić information content (AvgIpc) is 2.14. The number of hydrogen-bond acceptors (Lipinski definition) is 1. The fourth-order valence-electron chi connectivity index (χ4n) is 0.744. The summed E-state index contributed by atoms with van der Waals surface area (Å²) in [4.78, 5) is 0. The molecule has 0 aromatic rings. The van der Waals surface area contributed by atoms with Crippen molar-refractivity contribution < 1.29 is 26.3 Å². The van der Waals surface area contributed by atoms with E-state index in [1.54, 1.807) is 5.92 Å². The van der Waals surface area contributed by atoms with Crippen LogP contribution >= 0.6 is 0 Å². The van der Waals surface area contributed by atoms with Crippen molar-refractivity contribution in [2.75, 3.05) is 0 Å². The molecular weight excluding hydrogens is 248 g/mol. The van der Waals surface area contributed by atoms with Crippen molar-refractivity contribution in [3.05, 3.63) is 23.3 Å². The predicted octanol–water partition coefficient (Wildman–Crippen LogP) is 3.51. The molecule has 0 amide bonds. The summed E-state index contributed by atoms with van der Waals surface area (Å²) in [6, 6.07) is 1.25. The van der Waals surface area contributed by atoms with Crippen LogP contribution in [0.4, 0.5) is 26.3 Å². The van der Waals surface area contributed by atoms with Crippen molar-refractivity contribution in [2.45, 2.75) is 18.8 Å². The minimum atomic E-state index is -5.00. The summed E-state index contributed by atoms with van der Waals surface area (Å²) in [6.45, 7) is 0. The Balaban J connectivity index is 5.28. The van der Waals surface area contributed by atoms with Crippen LogP contribution in [0.2, 0.25) is 0 Å². The summed E-state index contributed by atoms with van der Waals surface area (Å²) in [7, 11) is 0. The first kappa shape index (κ1) is 15.1.